The van der Waals surface area contributed by atoms with Crippen molar-refractivity contribution in [3.8, 4) is 11.5 Å². The zero-order chi connectivity index (χ0) is 14.7. The van der Waals surface area contributed by atoms with Crippen LogP contribution in [-0.4, -0.2) is 16.2 Å². The molecule has 0 aliphatic rings. The molecular formula is C14H10Cl2O4. The van der Waals surface area contributed by atoms with Gasteiger partial charge in [-0.3, -0.25) is 0 Å². The van der Waals surface area contributed by atoms with E-state index >= 15 is 0 Å². The maximum atomic E-state index is 10.8. The number of halogens is 2. The second-order valence-corrected chi connectivity index (χ2v) is 4.87. The summed E-state index contributed by atoms with van der Waals surface area (Å²) in [6, 6.07) is 9.41. The van der Waals surface area contributed by atoms with Crippen molar-refractivity contribution in [2.24, 2.45) is 0 Å². The first-order chi connectivity index (χ1) is 9.47. The van der Waals surface area contributed by atoms with Gasteiger partial charge in [0.2, 0.25) is 0 Å². The van der Waals surface area contributed by atoms with E-state index < -0.39 is 11.7 Å². The smallest absolute Gasteiger partial charge is 0.339 e. The number of phenols is 1. The van der Waals surface area contributed by atoms with Gasteiger partial charge in [-0.15, -0.1) is 0 Å². The number of hydrogen-bond acceptors (Lipinski definition) is 3. The third-order valence-corrected chi connectivity index (χ3v) is 3.09. The molecule has 0 atom stereocenters. The molecule has 0 aliphatic carbocycles. The highest BCUT2D eigenvalue weighted by atomic mass is 35.5. The largest absolute Gasteiger partial charge is 0.507 e. The highest BCUT2D eigenvalue weighted by Crippen LogP contribution is 2.32. The van der Waals surface area contributed by atoms with E-state index in [0.717, 1.165) is 11.6 Å². The predicted molar refractivity (Wildman–Crippen MR) is 75.9 cm³/mol. The molecule has 0 aromatic heterocycles. The van der Waals surface area contributed by atoms with Gasteiger partial charge in [0, 0.05) is 11.1 Å². The summed E-state index contributed by atoms with van der Waals surface area (Å²) in [6.45, 7) is 0.201. The van der Waals surface area contributed by atoms with Crippen molar-refractivity contribution in [2.75, 3.05) is 0 Å². The fourth-order valence-electron chi connectivity index (χ4n) is 1.61. The molecule has 0 radical (unpaired) electrons. The molecule has 2 aromatic carbocycles. The van der Waals surface area contributed by atoms with Crippen molar-refractivity contribution >= 4 is 29.2 Å². The maximum Gasteiger partial charge on any atom is 0.339 e. The van der Waals surface area contributed by atoms with Gasteiger partial charge in [-0.25, -0.2) is 4.79 Å². The van der Waals surface area contributed by atoms with E-state index in [0.29, 0.717) is 5.02 Å². The Morgan fingerprint density at radius 3 is 2.60 bits per heavy atom. The molecular weight excluding hydrogens is 303 g/mol. The van der Waals surface area contributed by atoms with E-state index in [-0.39, 0.29) is 22.9 Å². The fraction of sp³-hybridized carbons (Fsp3) is 0.0714. The zero-order valence-corrected chi connectivity index (χ0v) is 11.6. The summed E-state index contributed by atoms with van der Waals surface area (Å²) in [5, 5.41) is 19.1. The summed E-state index contributed by atoms with van der Waals surface area (Å²) < 4.78 is 5.45. The summed E-state index contributed by atoms with van der Waals surface area (Å²) >= 11 is 11.8. The van der Waals surface area contributed by atoms with E-state index in [1.165, 1.54) is 6.07 Å². The average molecular weight is 313 g/mol. The summed E-state index contributed by atoms with van der Waals surface area (Å²) in [5.41, 5.74) is 0.556. The van der Waals surface area contributed by atoms with Crippen LogP contribution in [0.4, 0.5) is 0 Å². The number of carboxylic acid groups (broad SMARTS) is 1. The average Bonchev–Trinajstić information content (AvgIpc) is 2.39. The Bertz CT molecular complexity index is 656. The standard InChI is InChI=1S/C14H10Cl2O4/c15-9-3-1-2-8(4-9)7-20-13-6-12(17)10(14(18)19)5-11(13)16/h1-6,17H,7H2,(H,18,19). The minimum Gasteiger partial charge on any atom is -0.507 e. The molecule has 0 unspecified atom stereocenters. The van der Waals surface area contributed by atoms with Crippen LogP contribution < -0.4 is 4.74 Å². The van der Waals surface area contributed by atoms with Crippen LogP contribution in [0.3, 0.4) is 0 Å². The van der Waals surface area contributed by atoms with E-state index in [2.05, 4.69) is 0 Å². The lowest BCUT2D eigenvalue weighted by Crippen LogP contribution is -2.00. The molecule has 2 aromatic rings. The molecule has 4 nitrogen and oxygen atoms in total. The van der Waals surface area contributed by atoms with E-state index in [1.807, 2.05) is 6.07 Å². The SMILES string of the molecule is O=C(O)c1cc(Cl)c(OCc2cccc(Cl)c2)cc1O. The molecule has 0 bridgehead atoms. The monoisotopic (exact) mass is 312 g/mol. The number of aromatic hydroxyl groups is 1. The zero-order valence-electron chi connectivity index (χ0n) is 10.1. The van der Waals surface area contributed by atoms with Crippen LogP contribution in [-0.2, 0) is 6.61 Å². The molecule has 0 saturated carbocycles. The van der Waals surface area contributed by atoms with Crippen LogP contribution in [0.5, 0.6) is 11.5 Å². The van der Waals surface area contributed by atoms with Crippen LogP contribution in [0.15, 0.2) is 36.4 Å². The van der Waals surface area contributed by atoms with Crippen molar-refractivity contribution < 1.29 is 19.7 Å². The van der Waals surface area contributed by atoms with Gasteiger partial charge in [0.1, 0.15) is 23.7 Å². The highest BCUT2D eigenvalue weighted by Gasteiger charge is 2.14. The van der Waals surface area contributed by atoms with Crippen LogP contribution in [0.2, 0.25) is 10.0 Å². The third kappa shape index (κ3) is 3.35. The fourth-order valence-corrected chi connectivity index (χ4v) is 2.04. The van der Waals surface area contributed by atoms with Crippen molar-refractivity contribution in [3.63, 3.8) is 0 Å². The van der Waals surface area contributed by atoms with Gasteiger partial charge in [0.05, 0.1) is 5.02 Å². The molecule has 2 N–H and O–H groups in total. The number of ether oxygens (including phenoxy) is 1. The number of rotatable bonds is 4. The van der Waals surface area contributed by atoms with Gasteiger partial charge in [0.25, 0.3) is 0 Å². The second kappa shape index (κ2) is 6.03. The van der Waals surface area contributed by atoms with Gasteiger partial charge in [-0.05, 0) is 23.8 Å². The Hall–Kier alpha value is -1.91. The molecule has 0 spiro atoms. The molecule has 0 amide bonds. The van der Waals surface area contributed by atoms with Crippen molar-refractivity contribution in [1.29, 1.82) is 0 Å². The summed E-state index contributed by atoms with van der Waals surface area (Å²) in [4.78, 5) is 10.8. The Morgan fingerprint density at radius 1 is 1.20 bits per heavy atom. The Kier molecular flexibility index (Phi) is 4.37. The van der Waals surface area contributed by atoms with Crippen LogP contribution in [0.25, 0.3) is 0 Å². The van der Waals surface area contributed by atoms with Gasteiger partial charge in [-0.2, -0.15) is 0 Å². The molecule has 104 valence electrons. The second-order valence-electron chi connectivity index (χ2n) is 4.02. The van der Waals surface area contributed by atoms with Crippen molar-refractivity contribution in [1.82, 2.24) is 0 Å². The quantitative estimate of drug-likeness (QED) is 0.896. The number of hydrogen-bond donors (Lipinski definition) is 2. The van der Waals surface area contributed by atoms with Crippen LogP contribution in [0.1, 0.15) is 15.9 Å². The highest BCUT2D eigenvalue weighted by molar-refractivity contribution is 6.32. The minimum absolute atomic E-state index is 0.113. The molecule has 0 aliphatic heterocycles. The normalized spacial score (nSPS) is 10.3. The molecule has 20 heavy (non-hydrogen) atoms. The van der Waals surface area contributed by atoms with E-state index in [9.17, 15) is 9.90 Å². The van der Waals surface area contributed by atoms with Crippen LogP contribution >= 0.6 is 23.2 Å². The maximum absolute atomic E-state index is 10.8. The Labute approximate surface area is 125 Å². The van der Waals surface area contributed by atoms with Crippen molar-refractivity contribution in [3.05, 3.63) is 57.6 Å². The van der Waals surface area contributed by atoms with Crippen LogP contribution in [0, 0.1) is 0 Å². The summed E-state index contributed by atoms with van der Waals surface area (Å²) in [5.74, 6) is -1.46. The molecule has 0 fully saturated rings. The lowest BCUT2D eigenvalue weighted by Gasteiger charge is -2.10. The number of carboxylic acids is 1. The summed E-state index contributed by atoms with van der Waals surface area (Å²) in [7, 11) is 0. The lowest BCUT2D eigenvalue weighted by atomic mass is 10.2. The van der Waals surface area contributed by atoms with Gasteiger partial charge >= 0.3 is 5.97 Å². The Balaban J connectivity index is 2.18. The first kappa shape index (κ1) is 14.5. The van der Waals surface area contributed by atoms with Gasteiger partial charge in [0.15, 0.2) is 0 Å². The number of benzene rings is 2. The Morgan fingerprint density at radius 2 is 1.95 bits per heavy atom. The topological polar surface area (TPSA) is 66.8 Å². The molecule has 2 rings (SSSR count). The van der Waals surface area contributed by atoms with Crippen molar-refractivity contribution in [2.45, 2.75) is 6.61 Å². The molecule has 6 heteroatoms. The van der Waals surface area contributed by atoms with E-state index in [1.54, 1.807) is 18.2 Å². The van der Waals surface area contributed by atoms with Gasteiger partial charge < -0.3 is 14.9 Å². The summed E-state index contributed by atoms with van der Waals surface area (Å²) in [6.07, 6.45) is 0. The predicted octanol–water partition coefficient (Wildman–Crippen LogP) is 3.98. The van der Waals surface area contributed by atoms with Gasteiger partial charge in [-0.1, -0.05) is 35.3 Å². The first-order valence-electron chi connectivity index (χ1n) is 5.60. The molecule has 0 heterocycles. The number of carbonyl (C=O) groups is 1. The third-order valence-electron chi connectivity index (χ3n) is 2.56. The number of aromatic carboxylic acids is 1. The lowest BCUT2D eigenvalue weighted by molar-refractivity contribution is 0.0693. The first-order valence-corrected chi connectivity index (χ1v) is 6.36. The molecule has 0 saturated heterocycles. The van der Waals surface area contributed by atoms with E-state index in [4.69, 9.17) is 33.0 Å². The minimum atomic E-state index is -1.26.